The number of carbonyl (C=O) groups excluding carboxylic acids is 1. The number of halogens is 3. The highest BCUT2D eigenvalue weighted by atomic mass is 79.9. The fraction of sp³-hybridized carbons (Fsp3) is 0.227. The minimum Gasteiger partial charge on any atom is -0.506 e. The lowest BCUT2D eigenvalue weighted by Gasteiger charge is -2.29. The molecular weight excluding hydrogens is 610 g/mol. The number of fused-ring (bicyclic) bond motifs is 3. The summed E-state index contributed by atoms with van der Waals surface area (Å²) in [6.07, 6.45) is 0.406. The SMILES string of the molecule is O=C1N[C@H](c2c(Br)cc(Br)c(O)c2Br)Nc2sc3c(c21)CCN(Cc1ccccc1)C3. The van der Waals surface area contributed by atoms with E-state index in [-0.39, 0.29) is 11.7 Å². The highest BCUT2D eigenvalue weighted by molar-refractivity contribution is 9.11. The molecule has 3 N–H and O–H groups in total. The Labute approximate surface area is 209 Å². The van der Waals surface area contributed by atoms with E-state index in [9.17, 15) is 9.90 Å². The van der Waals surface area contributed by atoms with Gasteiger partial charge in [0, 0.05) is 34.5 Å². The first-order valence-electron chi connectivity index (χ1n) is 9.77. The molecule has 9 heteroatoms. The Morgan fingerprint density at radius 1 is 1.13 bits per heavy atom. The van der Waals surface area contributed by atoms with Crippen molar-refractivity contribution < 1.29 is 9.90 Å². The second-order valence-corrected chi connectivity index (χ2v) is 11.2. The molecule has 3 aromatic rings. The summed E-state index contributed by atoms with van der Waals surface area (Å²) >= 11 is 12.0. The van der Waals surface area contributed by atoms with Gasteiger partial charge in [-0.05, 0) is 55.5 Å². The maximum Gasteiger partial charge on any atom is 0.256 e. The molecule has 5 nitrogen and oxygen atoms in total. The number of anilines is 1. The summed E-state index contributed by atoms with van der Waals surface area (Å²) in [7, 11) is 0. The van der Waals surface area contributed by atoms with Crippen LogP contribution in [0.25, 0.3) is 0 Å². The van der Waals surface area contributed by atoms with Crippen molar-refractivity contribution in [3.63, 3.8) is 0 Å². The molecule has 3 heterocycles. The van der Waals surface area contributed by atoms with Crippen molar-refractivity contribution >= 4 is 70.0 Å². The lowest BCUT2D eigenvalue weighted by molar-refractivity contribution is 0.0934. The molecule has 0 bridgehead atoms. The van der Waals surface area contributed by atoms with Gasteiger partial charge in [-0.2, -0.15) is 0 Å². The Bertz CT molecular complexity index is 1180. The number of hydrogen-bond donors (Lipinski definition) is 3. The first kappa shape index (κ1) is 21.5. The average molecular weight is 628 g/mol. The van der Waals surface area contributed by atoms with Gasteiger partial charge in [-0.3, -0.25) is 9.69 Å². The van der Waals surface area contributed by atoms with E-state index in [0.717, 1.165) is 52.2 Å². The predicted octanol–water partition coefficient (Wildman–Crippen LogP) is 6.15. The van der Waals surface area contributed by atoms with E-state index in [2.05, 4.69) is 87.6 Å². The lowest BCUT2D eigenvalue weighted by Crippen LogP contribution is -2.39. The molecule has 2 aliphatic rings. The van der Waals surface area contributed by atoms with Crippen LogP contribution in [0.3, 0.4) is 0 Å². The first-order valence-corrected chi connectivity index (χ1v) is 13.0. The molecule has 0 radical (unpaired) electrons. The number of rotatable bonds is 3. The Kier molecular flexibility index (Phi) is 5.89. The summed E-state index contributed by atoms with van der Waals surface area (Å²) in [6.45, 7) is 2.68. The number of benzene rings is 2. The molecule has 2 aromatic carbocycles. The molecule has 0 unspecified atom stereocenters. The molecule has 1 atom stereocenters. The third kappa shape index (κ3) is 3.95. The zero-order valence-corrected chi connectivity index (χ0v) is 21.8. The number of carbonyl (C=O) groups is 1. The van der Waals surface area contributed by atoms with Gasteiger partial charge in [0.15, 0.2) is 0 Å². The van der Waals surface area contributed by atoms with E-state index in [1.807, 2.05) is 6.07 Å². The minimum absolute atomic E-state index is 0.0750. The number of phenolic OH excluding ortho intramolecular Hbond substituents is 1. The maximum absolute atomic E-state index is 13.1. The van der Waals surface area contributed by atoms with Crippen LogP contribution in [0.1, 0.15) is 38.1 Å². The van der Waals surface area contributed by atoms with Crippen LogP contribution in [-0.2, 0) is 19.5 Å². The van der Waals surface area contributed by atoms with Crippen LogP contribution < -0.4 is 10.6 Å². The van der Waals surface area contributed by atoms with Crippen LogP contribution in [0.15, 0.2) is 49.8 Å². The van der Waals surface area contributed by atoms with Gasteiger partial charge in [0.2, 0.25) is 0 Å². The number of phenols is 1. The number of aromatic hydroxyl groups is 1. The van der Waals surface area contributed by atoms with Gasteiger partial charge in [-0.25, -0.2) is 0 Å². The molecule has 0 saturated carbocycles. The summed E-state index contributed by atoms with van der Waals surface area (Å²) in [5.74, 6) is 0.0241. The van der Waals surface area contributed by atoms with E-state index in [4.69, 9.17) is 0 Å². The Morgan fingerprint density at radius 2 is 1.90 bits per heavy atom. The van der Waals surface area contributed by atoms with Gasteiger partial charge in [-0.1, -0.05) is 46.3 Å². The van der Waals surface area contributed by atoms with E-state index in [1.54, 1.807) is 17.4 Å². The van der Waals surface area contributed by atoms with Gasteiger partial charge in [0.05, 0.1) is 14.5 Å². The number of hydrogen-bond acceptors (Lipinski definition) is 5. The van der Waals surface area contributed by atoms with Crippen molar-refractivity contribution in [1.82, 2.24) is 10.2 Å². The van der Waals surface area contributed by atoms with Gasteiger partial charge in [0.1, 0.15) is 16.9 Å². The minimum atomic E-state index is -0.455. The predicted molar refractivity (Wildman–Crippen MR) is 134 cm³/mol. The standard InChI is InChI=1S/C22H18Br3N3O2S/c23-13-8-14(24)19(29)18(25)17(13)20-26-21(30)16-12-6-7-28(9-11-4-2-1-3-5-11)10-15(12)31-22(16)27-20/h1-5,8,20,27,29H,6-7,9-10H2,(H,26,30)/t20-/m0/s1. The fourth-order valence-electron chi connectivity index (χ4n) is 4.15. The Morgan fingerprint density at radius 3 is 2.68 bits per heavy atom. The molecule has 2 aliphatic heterocycles. The highest BCUT2D eigenvalue weighted by Crippen LogP contribution is 2.46. The van der Waals surface area contributed by atoms with Gasteiger partial charge < -0.3 is 15.7 Å². The molecule has 0 aliphatic carbocycles. The van der Waals surface area contributed by atoms with Crippen molar-refractivity contribution in [3.8, 4) is 5.75 Å². The number of nitrogens with zero attached hydrogens (tertiary/aromatic N) is 1. The van der Waals surface area contributed by atoms with E-state index in [0.29, 0.717) is 8.95 Å². The largest absolute Gasteiger partial charge is 0.506 e. The number of nitrogens with one attached hydrogen (secondary N) is 2. The van der Waals surface area contributed by atoms with Gasteiger partial charge >= 0.3 is 0 Å². The number of amides is 1. The lowest BCUT2D eigenvalue weighted by atomic mass is 10.00. The summed E-state index contributed by atoms with van der Waals surface area (Å²) in [6, 6.07) is 12.3. The average Bonchev–Trinajstić information content (AvgIpc) is 3.11. The summed E-state index contributed by atoms with van der Waals surface area (Å²) in [5.41, 5.74) is 3.97. The Balaban J connectivity index is 1.43. The zero-order chi connectivity index (χ0) is 21.7. The summed E-state index contributed by atoms with van der Waals surface area (Å²) in [5, 5.41) is 17.8. The van der Waals surface area contributed by atoms with Crippen LogP contribution in [0.5, 0.6) is 5.75 Å². The third-order valence-corrected chi connectivity index (χ3v) is 8.84. The van der Waals surface area contributed by atoms with Crippen molar-refractivity contribution in [2.75, 3.05) is 11.9 Å². The molecule has 5 rings (SSSR count). The Hall–Kier alpha value is -1.39. The van der Waals surface area contributed by atoms with Crippen molar-refractivity contribution in [2.45, 2.75) is 25.7 Å². The highest BCUT2D eigenvalue weighted by Gasteiger charge is 2.35. The van der Waals surface area contributed by atoms with Crippen molar-refractivity contribution in [3.05, 3.63) is 76.9 Å². The normalized spacial score (nSPS) is 18.2. The molecule has 0 saturated heterocycles. The second kappa shape index (κ2) is 8.51. The molecular formula is C22H18Br3N3O2S. The topological polar surface area (TPSA) is 64.6 Å². The first-order chi connectivity index (χ1) is 14.9. The van der Waals surface area contributed by atoms with Crippen LogP contribution >= 0.6 is 59.1 Å². The van der Waals surface area contributed by atoms with Gasteiger partial charge in [-0.15, -0.1) is 11.3 Å². The molecule has 0 spiro atoms. The second-order valence-electron chi connectivity index (χ2n) is 7.62. The van der Waals surface area contributed by atoms with Crippen LogP contribution in [-0.4, -0.2) is 22.5 Å². The van der Waals surface area contributed by atoms with E-state index >= 15 is 0 Å². The third-order valence-electron chi connectivity index (χ3n) is 5.63. The summed E-state index contributed by atoms with van der Waals surface area (Å²) in [4.78, 5) is 16.8. The molecule has 0 fully saturated rings. The summed E-state index contributed by atoms with van der Waals surface area (Å²) < 4.78 is 1.88. The number of thiophene rings is 1. The molecule has 1 amide bonds. The van der Waals surface area contributed by atoms with Crippen molar-refractivity contribution in [1.29, 1.82) is 0 Å². The van der Waals surface area contributed by atoms with Gasteiger partial charge in [0.25, 0.3) is 5.91 Å². The molecule has 1 aromatic heterocycles. The van der Waals surface area contributed by atoms with Crippen molar-refractivity contribution in [2.24, 2.45) is 0 Å². The van der Waals surface area contributed by atoms with E-state index in [1.165, 1.54) is 10.4 Å². The van der Waals surface area contributed by atoms with Crippen LogP contribution in [0.2, 0.25) is 0 Å². The monoisotopic (exact) mass is 625 g/mol. The zero-order valence-electron chi connectivity index (χ0n) is 16.2. The molecule has 160 valence electrons. The van der Waals surface area contributed by atoms with Crippen LogP contribution in [0.4, 0.5) is 5.00 Å². The van der Waals surface area contributed by atoms with E-state index < -0.39 is 6.17 Å². The smallest absolute Gasteiger partial charge is 0.256 e. The quantitative estimate of drug-likeness (QED) is 0.326. The van der Waals surface area contributed by atoms with Crippen LogP contribution in [0, 0.1) is 0 Å². The fourth-order valence-corrected chi connectivity index (χ4v) is 8.04. The maximum atomic E-state index is 13.1. The molecule has 31 heavy (non-hydrogen) atoms.